The molecule has 2 heterocycles. The minimum absolute atomic E-state index is 0.00398. The van der Waals surface area contributed by atoms with E-state index >= 15 is 0 Å². The van der Waals surface area contributed by atoms with E-state index in [1.165, 1.54) is 7.05 Å². The first-order valence-corrected chi connectivity index (χ1v) is 9.61. The van der Waals surface area contributed by atoms with Gasteiger partial charge in [-0.25, -0.2) is 22.8 Å². The molecule has 0 atom stereocenters. The van der Waals surface area contributed by atoms with Gasteiger partial charge in [-0.1, -0.05) is 12.1 Å². The molecular weight excluding hydrogens is 338 g/mol. The quantitative estimate of drug-likeness (QED) is 0.729. The zero-order valence-electron chi connectivity index (χ0n) is 14.5. The van der Waals surface area contributed by atoms with Gasteiger partial charge in [0.15, 0.2) is 0 Å². The largest absolute Gasteiger partial charge is 0.330 e. The van der Waals surface area contributed by atoms with Crippen molar-refractivity contribution in [1.29, 1.82) is 0 Å². The van der Waals surface area contributed by atoms with Crippen LogP contribution >= 0.6 is 0 Å². The van der Waals surface area contributed by atoms with E-state index < -0.39 is 10.0 Å². The average molecular weight is 359 g/mol. The Morgan fingerprint density at radius 3 is 2.68 bits per heavy atom. The zero-order chi connectivity index (χ0) is 18.0. The Hall–Kier alpha value is -2.45. The highest BCUT2D eigenvalue weighted by Crippen LogP contribution is 2.22. The topological polar surface area (TPSA) is 81.8 Å². The van der Waals surface area contributed by atoms with Gasteiger partial charge < -0.3 is 4.57 Å². The van der Waals surface area contributed by atoms with Crippen molar-refractivity contribution in [3.8, 4) is 17.1 Å². The van der Waals surface area contributed by atoms with Crippen LogP contribution in [0.5, 0.6) is 0 Å². The second-order valence-electron chi connectivity index (χ2n) is 5.86. The number of rotatable bonds is 6. The average Bonchev–Trinajstić information content (AvgIpc) is 3.19. The van der Waals surface area contributed by atoms with E-state index in [2.05, 4.69) is 14.8 Å². The maximum Gasteiger partial charge on any atom is 0.213 e. The molecule has 0 radical (unpaired) electrons. The summed E-state index contributed by atoms with van der Waals surface area (Å²) >= 11 is 0. The Labute approximate surface area is 147 Å². The molecule has 7 nitrogen and oxygen atoms in total. The molecule has 25 heavy (non-hydrogen) atoms. The summed E-state index contributed by atoms with van der Waals surface area (Å²) in [7, 11) is -1.84. The monoisotopic (exact) mass is 359 g/mol. The lowest BCUT2D eigenvalue weighted by Gasteiger charge is -2.10. The van der Waals surface area contributed by atoms with Crippen LogP contribution in [-0.2, 0) is 16.6 Å². The van der Waals surface area contributed by atoms with Crippen LogP contribution < -0.4 is 4.72 Å². The van der Waals surface area contributed by atoms with Crippen LogP contribution in [0.2, 0.25) is 0 Å². The summed E-state index contributed by atoms with van der Waals surface area (Å²) in [5.41, 5.74) is 3.87. The van der Waals surface area contributed by atoms with Gasteiger partial charge in [0.1, 0.15) is 5.82 Å². The van der Waals surface area contributed by atoms with Crippen molar-refractivity contribution in [1.82, 2.24) is 24.1 Å². The SMILES string of the molecule is CNS(=O)(=O)CCn1ccnc1-c1cccc(-n2nc(C)cc2C)c1. The molecular formula is C17H21N5O2S. The van der Waals surface area contributed by atoms with Crippen molar-refractivity contribution in [3.63, 3.8) is 0 Å². The van der Waals surface area contributed by atoms with Gasteiger partial charge in [-0.15, -0.1) is 0 Å². The molecule has 8 heteroatoms. The molecule has 0 aliphatic rings. The number of hydrogen-bond acceptors (Lipinski definition) is 4. The number of aryl methyl sites for hydroxylation is 3. The summed E-state index contributed by atoms with van der Waals surface area (Å²) in [6.45, 7) is 4.31. The summed E-state index contributed by atoms with van der Waals surface area (Å²) in [6.07, 6.45) is 3.47. The summed E-state index contributed by atoms with van der Waals surface area (Å²) < 4.78 is 29.4. The minimum Gasteiger partial charge on any atom is -0.330 e. The summed E-state index contributed by atoms with van der Waals surface area (Å²) in [5.74, 6) is 0.735. The van der Waals surface area contributed by atoms with E-state index in [-0.39, 0.29) is 5.75 Å². The van der Waals surface area contributed by atoms with Gasteiger partial charge in [-0.05, 0) is 39.1 Å². The first kappa shape index (κ1) is 17.4. The van der Waals surface area contributed by atoms with Gasteiger partial charge in [-0.2, -0.15) is 5.10 Å². The molecule has 0 unspecified atom stereocenters. The molecule has 0 amide bonds. The van der Waals surface area contributed by atoms with E-state index in [1.807, 2.05) is 53.4 Å². The Morgan fingerprint density at radius 1 is 1.20 bits per heavy atom. The molecule has 1 N–H and O–H groups in total. The summed E-state index contributed by atoms with van der Waals surface area (Å²) in [4.78, 5) is 4.39. The molecule has 3 aromatic rings. The number of aromatic nitrogens is 4. The predicted octanol–water partition coefficient (Wildman–Crippen LogP) is 1.90. The van der Waals surface area contributed by atoms with Crippen LogP contribution in [0, 0.1) is 13.8 Å². The number of imidazole rings is 1. The Bertz CT molecular complexity index is 988. The van der Waals surface area contributed by atoms with Gasteiger partial charge in [0.25, 0.3) is 0 Å². The Kier molecular flexibility index (Phi) is 4.73. The maximum absolute atomic E-state index is 11.7. The fraction of sp³-hybridized carbons (Fsp3) is 0.294. The number of benzene rings is 1. The van der Waals surface area contributed by atoms with Gasteiger partial charge in [0.05, 0.1) is 17.1 Å². The smallest absolute Gasteiger partial charge is 0.213 e. The summed E-state index contributed by atoms with van der Waals surface area (Å²) in [5, 5.41) is 4.51. The highest BCUT2D eigenvalue weighted by Gasteiger charge is 2.12. The molecule has 0 aliphatic heterocycles. The van der Waals surface area contributed by atoms with Crippen molar-refractivity contribution in [3.05, 3.63) is 54.1 Å². The first-order chi connectivity index (χ1) is 11.9. The van der Waals surface area contributed by atoms with E-state index in [1.54, 1.807) is 12.4 Å². The van der Waals surface area contributed by atoms with Crippen molar-refractivity contribution < 1.29 is 8.42 Å². The van der Waals surface area contributed by atoms with Crippen LogP contribution in [0.15, 0.2) is 42.7 Å². The molecule has 2 aromatic heterocycles. The third-order valence-electron chi connectivity index (χ3n) is 3.99. The predicted molar refractivity (Wildman–Crippen MR) is 97.1 cm³/mol. The molecule has 1 aromatic carbocycles. The van der Waals surface area contributed by atoms with Gasteiger partial charge in [0, 0.05) is 30.2 Å². The summed E-state index contributed by atoms with van der Waals surface area (Å²) in [6, 6.07) is 9.92. The van der Waals surface area contributed by atoms with Crippen molar-refractivity contribution in [2.75, 3.05) is 12.8 Å². The molecule has 0 aliphatic carbocycles. The number of nitrogens with one attached hydrogen (secondary N) is 1. The molecule has 0 saturated carbocycles. The molecule has 132 valence electrons. The molecule has 0 bridgehead atoms. The van der Waals surface area contributed by atoms with Crippen LogP contribution in [0.25, 0.3) is 17.1 Å². The van der Waals surface area contributed by atoms with Gasteiger partial charge >= 0.3 is 0 Å². The van der Waals surface area contributed by atoms with Crippen LogP contribution in [0.3, 0.4) is 0 Å². The number of nitrogens with zero attached hydrogens (tertiary/aromatic N) is 4. The Morgan fingerprint density at radius 2 is 2.00 bits per heavy atom. The number of sulfonamides is 1. The lowest BCUT2D eigenvalue weighted by Crippen LogP contribution is -2.24. The Balaban J connectivity index is 1.92. The first-order valence-electron chi connectivity index (χ1n) is 7.96. The molecule has 0 saturated heterocycles. The lowest BCUT2D eigenvalue weighted by molar-refractivity contribution is 0.581. The zero-order valence-corrected chi connectivity index (χ0v) is 15.3. The lowest BCUT2D eigenvalue weighted by atomic mass is 10.2. The fourth-order valence-corrected chi connectivity index (χ4v) is 3.38. The number of hydrogen-bond donors (Lipinski definition) is 1. The van der Waals surface area contributed by atoms with Crippen LogP contribution in [-0.4, -0.2) is 40.5 Å². The van der Waals surface area contributed by atoms with Crippen LogP contribution in [0.4, 0.5) is 0 Å². The normalized spacial score (nSPS) is 11.8. The third kappa shape index (κ3) is 3.80. The highest BCUT2D eigenvalue weighted by atomic mass is 32.2. The minimum atomic E-state index is -3.26. The van der Waals surface area contributed by atoms with E-state index in [0.717, 1.165) is 28.5 Å². The highest BCUT2D eigenvalue weighted by molar-refractivity contribution is 7.89. The van der Waals surface area contributed by atoms with Gasteiger partial charge in [0.2, 0.25) is 10.0 Å². The standard InChI is InChI=1S/C17H21N5O2S/c1-13-11-14(2)22(20-13)16-6-4-5-15(12-16)17-19-7-8-21(17)9-10-25(23,24)18-3/h4-8,11-12,18H,9-10H2,1-3H3. The van der Waals surface area contributed by atoms with E-state index in [9.17, 15) is 8.42 Å². The second-order valence-corrected chi connectivity index (χ2v) is 7.90. The molecule has 0 spiro atoms. The van der Waals surface area contributed by atoms with Crippen LogP contribution in [0.1, 0.15) is 11.4 Å². The van der Waals surface area contributed by atoms with Crippen molar-refractivity contribution in [2.24, 2.45) is 0 Å². The molecule has 0 fully saturated rings. The van der Waals surface area contributed by atoms with Crippen molar-refractivity contribution in [2.45, 2.75) is 20.4 Å². The van der Waals surface area contributed by atoms with E-state index in [4.69, 9.17) is 0 Å². The van der Waals surface area contributed by atoms with E-state index in [0.29, 0.717) is 6.54 Å². The van der Waals surface area contributed by atoms with Crippen molar-refractivity contribution >= 4 is 10.0 Å². The fourth-order valence-electron chi connectivity index (χ4n) is 2.74. The second kappa shape index (κ2) is 6.81. The third-order valence-corrected chi connectivity index (χ3v) is 5.33. The molecule has 3 rings (SSSR count). The van der Waals surface area contributed by atoms with Gasteiger partial charge in [-0.3, -0.25) is 0 Å². The maximum atomic E-state index is 11.7.